The van der Waals surface area contributed by atoms with Crippen LogP contribution in [0.3, 0.4) is 0 Å². The van der Waals surface area contributed by atoms with E-state index in [0.29, 0.717) is 12.5 Å². The molecule has 0 saturated carbocycles. The maximum atomic E-state index is 13.0. The molecule has 1 atom stereocenters. The van der Waals surface area contributed by atoms with Crippen LogP contribution in [0, 0.1) is 5.92 Å². The van der Waals surface area contributed by atoms with Gasteiger partial charge in [0.25, 0.3) is 5.56 Å². The molecule has 3 amide bonds. The zero-order valence-electron chi connectivity index (χ0n) is 22.6. The summed E-state index contributed by atoms with van der Waals surface area (Å²) in [6, 6.07) is 1.90. The number of hydrogen-bond acceptors (Lipinski definition) is 7. The van der Waals surface area contributed by atoms with Crippen molar-refractivity contribution in [3.05, 3.63) is 40.8 Å². The molecule has 1 aromatic rings. The van der Waals surface area contributed by atoms with E-state index in [1.165, 1.54) is 36.1 Å². The number of carbonyl (C=O) groups is 4. The largest absolute Gasteiger partial charge is 0.466 e. The van der Waals surface area contributed by atoms with E-state index in [0.717, 1.165) is 12.8 Å². The van der Waals surface area contributed by atoms with Gasteiger partial charge in [-0.05, 0) is 51.7 Å². The lowest BCUT2D eigenvalue weighted by Crippen LogP contribution is -2.46. The van der Waals surface area contributed by atoms with Crippen molar-refractivity contribution in [2.75, 3.05) is 19.0 Å². The molecule has 0 saturated heterocycles. The van der Waals surface area contributed by atoms with Crippen molar-refractivity contribution in [3.63, 3.8) is 0 Å². The number of rotatable bonds is 13. The first-order chi connectivity index (χ1) is 17.4. The zero-order chi connectivity index (χ0) is 28.0. The quantitative estimate of drug-likeness (QED) is 0.268. The Balaban J connectivity index is 2.95. The standard InChI is InChI=1S/C26H40N4O7/c1-7-18(8-2)16-27-21(31)17-30-15-11-13-20(24(30)34)28-23(33)19(12-9-10-14-22(32)36-6)29-25(35)37-26(3,4)5/h10-11,13-15,18-19H,7-9,12,16-17H2,1-6H3,(H,27,31)(H,28,33)(H,29,35). The number of hydrogen-bond donors (Lipinski definition) is 3. The van der Waals surface area contributed by atoms with Gasteiger partial charge in [0.2, 0.25) is 11.8 Å². The zero-order valence-corrected chi connectivity index (χ0v) is 22.6. The molecular formula is C26H40N4O7. The van der Waals surface area contributed by atoms with Gasteiger partial charge in [-0.1, -0.05) is 32.8 Å². The van der Waals surface area contributed by atoms with Crippen molar-refractivity contribution in [1.82, 2.24) is 15.2 Å². The van der Waals surface area contributed by atoms with Gasteiger partial charge in [0, 0.05) is 18.8 Å². The topological polar surface area (TPSA) is 145 Å². The Hall–Kier alpha value is -3.63. The van der Waals surface area contributed by atoms with Gasteiger partial charge in [-0.25, -0.2) is 9.59 Å². The van der Waals surface area contributed by atoms with Gasteiger partial charge in [-0.15, -0.1) is 0 Å². The molecule has 0 spiro atoms. The van der Waals surface area contributed by atoms with Gasteiger partial charge in [0.15, 0.2) is 0 Å². The van der Waals surface area contributed by atoms with Crippen LogP contribution in [-0.4, -0.2) is 53.7 Å². The molecular weight excluding hydrogens is 480 g/mol. The Morgan fingerprint density at radius 3 is 2.41 bits per heavy atom. The third-order valence-electron chi connectivity index (χ3n) is 5.42. The Kier molecular flexibility index (Phi) is 13.1. The van der Waals surface area contributed by atoms with Crippen LogP contribution in [0.1, 0.15) is 60.3 Å². The fourth-order valence-corrected chi connectivity index (χ4v) is 3.25. The lowest BCUT2D eigenvalue weighted by molar-refractivity contribution is -0.134. The number of esters is 1. The van der Waals surface area contributed by atoms with Gasteiger partial charge < -0.3 is 30.0 Å². The minimum Gasteiger partial charge on any atom is -0.466 e. The Bertz CT molecular complexity index is 1010. The molecule has 37 heavy (non-hydrogen) atoms. The molecule has 0 aliphatic rings. The number of aromatic nitrogens is 1. The normalized spacial score (nSPS) is 12.2. The van der Waals surface area contributed by atoms with E-state index in [1.807, 2.05) is 0 Å². The van der Waals surface area contributed by atoms with Crippen molar-refractivity contribution in [2.45, 2.75) is 78.5 Å². The number of alkyl carbamates (subject to hydrolysis) is 1. The molecule has 0 aromatic carbocycles. The maximum Gasteiger partial charge on any atom is 0.408 e. The van der Waals surface area contributed by atoms with E-state index in [-0.39, 0.29) is 31.0 Å². The van der Waals surface area contributed by atoms with Crippen LogP contribution in [0.15, 0.2) is 35.3 Å². The summed E-state index contributed by atoms with van der Waals surface area (Å²) in [5, 5.41) is 7.87. The number of nitrogens with zero attached hydrogens (tertiary/aromatic N) is 1. The summed E-state index contributed by atoms with van der Waals surface area (Å²) in [7, 11) is 1.25. The minimum absolute atomic E-state index is 0.0404. The van der Waals surface area contributed by atoms with E-state index in [4.69, 9.17) is 4.74 Å². The first-order valence-electron chi connectivity index (χ1n) is 12.4. The number of pyridine rings is 1. The van der Waals surface area contributed by atoms with Gasteiger partial charge in [0.05, 0.1) is 7.11 Å². The first kappa shape index (κ1) is 31.4. The second-order valence-electron chi connectivity index (χ2n) is 9.53. The molecule has 0 aliphatic carbocycles. The second kappa shape index (κ2) is 15.5. The third kappa shape index (κ3) is 12.2. The van der Waals surface area contributed by atoms with Gasteiger partial charge >= 0.3 is 12.1 Å². The summed E-state index contributed by atoms with van der Waals surface area (Å²) in [5.41, 5.74) is -1.38. The number of anilines is 1. The number of methoxy groups -OCH3 is 1. The predicted octanol–water partition coefficient (Wildman–Crippen LogP) is 2.74. The number of amides is 3. The highest BCUT2D eigenvalue weighted by molar-refractivity contribution is 5.96. The Morgan fingerprint density at radius 2 is 1.81 bits per heavy atom. The number of nitrogens with one attached hydrogen (secondary N) is 3. The molecule has 0 radical (unpaired) electrons. The van der Waals surface area contributed by atoms with E-state index in [9.17, 15) is 24.0 Å². The molecule has 1 aromatic heterocycles. The van der Waals surface area contributed by atoms with Crippen LogP contribution >= 0.6 is 0 Å². The molecule has 0 bridgehead atoms. The molecule has 3 N–H and O–H groups in total. The second-order valence-corrected chi connectivity index (χ2v) is 9.53. The molecule has 1 unspecified atom stereocenters. The molecule has 1 rings (SSSR count). The molecule has 0 fully saturated rings. The molecule has 11 heteroatoms. The van der Waals surface area contributed by atoms with Crippen LogP contribution in [0.5, 0.6) is 0 Å². The number of carbonyl (C=O) groups excluding carboxylic acids is 4. The lowest BCUT2D eigenvalue weighted by Gasteiger charge is -2.23. The third-order valence-corrected chi connectivity index (χ3v) is 5.42. The van der Waals surface area contributed by atoms with E-state index in [2.05, 4.69) is 34.5 Å². The molecule has 206 valence electrons. The van der Waals surface area contributed by atoms with E-state index in [1.54, 1.807) is 26.8 Å². The summed E-state index contributed by atoms with van der Waals surface area (Å²) in [4.78, 5) is 61.8. The fraction of sp³-hybridized carbons (Fsp3) is 0.577. The van der Waals surface area contributed by atoms with Crippen molar-refractivity contribution < 1.29 is 28.7 Å². The molecule has 1 heterocycles. The summed E-state index contributed by atoms with van der Waals surface area (Å²) >= 11 is 0. The van der Waals surface area contributed by atoms with Crippen molar-refractivity contribution >= 4 is 29.6 Å². The van der Waals surface area contributed by atoms with Crippen molar-refractivity contribution in [2.24, 2.45) is 5.92 Å². The number of allylic oxidation sites excluding steroid dienone is 1. The highest BCUT2D eigenvalue weighted by Gasteiger charge is 2.25. The average molecular weight is 521 g/mol. The maximum absolute atomic E-state index is 13.0. The van der Waals surface area contributed by atoms with E-state index < -0.39 is 35.2 Å². The highest BCUT2D eigenvalue weighted by atomic mass is 16.6. The smallest absolute Gasteiger partial charge is 0.408 e. The monoisotopic (exact) mass is 520 g/mol. The molecule has 0 aliphatic heterocycles. The van der Waals surface area contributed by atoms with Gasteiger partial charge in [-0.2, -0.15) is 0 Å². The predicted molar refractivity (Wildman–Crippen MR) is 140 cm³/mol. The van der Waals surface area contributed by atoms with Crippen molar-refractivity contribution in [3.8, 4) is 0 Å². The fourth-order valence-electron chi connectivity index (χ4n) is 3.25. The summed E-state index contributed by atoms with van der Waals surface area (Å²) in [5.74, 6) is -1.14. The van der Waals surface area contributed by atoms with Crippen LogP contribution < -0.4 is 21.5 Å². The minimum atomic E-state index is -1.06. The number of ether oxygens (including phenoxy) is 2. The van der Waals surface area contributed by atoms with E-state index >= 15 is 0 Å². The molecule has 11 nitrogen and oxygen atoms in total. The lowest BCUT2D eigenvalue weighted by atomic mass is 10.0. The SMILES string of the molecule is CCC(CC)CNC(=O)Cn1cccc(NC(=O)C(CCC=CC(=O)OC)NC(=O)OC(C)(C)C)c1=O. The van der Waals surface area contributed by atoms with Crippen LogP contribution in [0.2, 0.25) is 0 Å². The highest BCUT2D eigenvalue weighted by Crippen LogP contribution is 2.10. The van der Waals surface area contributed by atoms with Crippen LogP contribution in [0.25, 0.3) is 0 Å². The van der Waals surface area contributed by atoms with Crippen LogP contribution in [0.4, 0.5) is 10.5 Å². The summed E-state index contributed by atoms with van der Waals surface area (Å²) in [6.07, 6.45) is 5.65. The Morgan fingerprint density at radius 1 is 1.14 bits per heavy atom. The van der Waals surface area contributed by atoms with Gasteiger partial charge in [0.1, 0.15) is 23.9 Å². The first-order valence-corrected chi connectivity index (χ1v) is 12.4. The van der Waals surface area contributed by atoms with Crippen molar-refractivity contribution in [1.29, 1.82) is 0 Å². The summed E-state index contributed by atoms with van der Waals surface area (Å²) < 4.78 is 11.0. The average Bonchev–Trinajstić information content (AvgIpc) is 2.82. The Labute approximate surface area is 218 Å². The van der Waals surface area contributed by atoms with Crippen LogP contribution in [-0.2, 0) is 30.4 Å². The summed E-state index contributed by atoms with van der Waals surface area (Å²) in [6.45, 7) is 9.50. The van der Waals surface area contributed by atoms with Gasteiger partial charge in [-0.3, -0.25) is 14.4 Å².